The molecule has 37 heavy (non-hydrogen) atoms. The second-order valence-electron chi connectivity index (χ2n) is 11.0. The number of hydrogen-bond donors (Lipinski definition) is 1. The van der Waals surface area contributed by atoms with E-state index in [1.54, 1.807) is 12.1 Å². The fourth-order valence-corrected chi connectivity index (χ4v) is 7.71. The summed E-state index contributed by atoms with van der Waals surface area (Å²) < 4.78 is 12.9. The van der Waals surface area contributed by atoms with Crippen molar-refractivity contribution in [2.45, 2.75) is 57.4 Å². The summed E-state index contributed by atoms with van der Waals surface area (Å²) in [6.07, 6.45) is 6.76. The van der Waals surface area contributed by atoms with Crippen molar-refractivity contribution in [3.05, 3.63) is 51.0 Å². The fourth-order valence-electron chi connectivity index (χ4n) is 7.52. The number of nitrogens with zero attached hydrogens (tertiary/aromatic N) is 5. The molecule has 1 aromatic carbocycles. The van der Waals surface area contributed by atoms with Gasteiger partial charge in [-0.2, -0.15) is 9.67 Å². The van der Waals surface area contributed by atoms with Crippen LogP contribution in [-0.4, -0.2) is 37.4 Å². The first-order valence-electron chi connectivity index (χ1n) is 12.4. The molecule has 2 atom stereocenters. The summed E-state index contributed by atoms with van der Waals surface area (Å²) in [7, 11) is 0. The predicted octanol–water partition coefficient (Wildman–Crippen LogP) is 4.21. The van der Waals surface area contributed by atoms with Crippen LogP contribution in [0.1, 0.15) is 50.1 Å². The van der Waals surface area contributed by atoms with Crippen molar-refractivity contribution in [3.63, 3.8) is 0 Å². The molecule has 2 heterocycles. The maximum atomic E-state index is 11.5. The molecule has 4 aliphatic rings. The molecular formula is C25H27ClN6O5. The minimum absolute atomic E-state index is 0.0278. The van der Waals surface area contributed by atoms with Crippen molar-refractivity contribution in [2.75, 3.05) is 6.61 Å². The highest BCUT2D eigenvalue weighted by Gasteiger charge is 2.60. The van der Waals surface area contributed by atoms with Gasteiger partial charge in [-0.05, 0) is 91.9 Å². The monoisotopic (exact) mass is 526 g/mol. The lowest BCUT2D eigenvalue weighted by Crippen LogP contribution is -2.57. The van der Waals surface area contributed by atoms with Crippen molar-refractivity contribution in [2.24, 2.45) is 23.0 Å². The smallest absolute Gasteiger partial charge is 0.408 e. The van der Waals surface area contributed by atoms with Crippen LogP contribution < -0.4 is 10.5 Å². The molecule has 4 bridgehead atoms. The van der Waals surface area contributed by atoms with Crippen LogP contribution in [0.2, 0.25) is 5.02 Å². The van der Waals surface area contributed by atoms with Gasteiger partial charge in [0.2, 0.25) is 11.7 Å². The molecule has 0 saturated heterocycles. The lowest BCUT2D eigenvalue weighted by Gasteiger charge is -2.61. The number of primary amides is 1. The molecule has 0 radical (unpaired) electrons. The SMILES string of the molecule is Cc1c(Cl)c([N+](=O)[O-])nn1C12CC3CC(CC(Cc4nc(-c5ccc(OCC(N)=O)cc5)no4)(C3)C1)C2. The highest BCUT2D eigenvalue weighted by molar-refractivity contribution is 6.33. The third-order valence-corrected chi connectivity index (χ3v) is 8.73. The summed E-state index contributed by atoms with van der Waals surface area (Å²) in [5.74, 6) is 1.85. The number of halogens is 1. The summed E-state index contributed by atoms with van der Waals surface area (Å²) in [5.41, 5.74) is 6.25. The van der Waals surface area contributed by atoms with Crippen LogP contribution in [0.5, 0.6) is 5.75 Å². The topological polar surface area (TPSA) is 152 Å². The zero-order valence-corrected chi connectivity index (χ0v) is 21.1. The third kappa shape index (κ3) is 4.14. The van der Waals surface area contributed by atoms with Crippen LogP contribution in [0.25, 0.3) is 11.4 Å². The third-order valence-electron chi connectivity index (χ3n) is 8.29. The van der Waals surface area contributed by atoms with Crippen LogP contribution >= 0.6 is 11.6 Å². The standard InChI is InChI=1S/C25H27ClN6O5/c1-14-21(26)23(32(34)35)29-31(14)25-9-15-6-16(10-25)8-24(7-15,13-25)11-20-28-22(30-37-20)17-2-4-18(5-3-17)36-12-19(27)33/h2-5,15-16H,6-13H2,1H3,(H2,27,33). The number of ether oxygens (including phenoxy) is 1. The molecule has 0 spiro atoms. The number of amides is 1. The van der Waals surface area contributed by atoms with Gasteiger partial charge in [0.05, 0.1) is 16.3 Å². The molecule has 2 aromatic heterocycles. The van der Waals surface area contributed by atoms with E-state index in [0.717, 1.165) is 37.7 Å². The zero-order chi connectivity index (χ0) is 25.9. The van der Waals surface area contributed by atoms with Gasteiger partial charge in [0.1, 0.15) is 5.75 Å². The Kier molecular flexibility index (Phi) is 5.52. The quantitative estimate of drug-likeness (QED) is 0.338. The van der Waals surface area contributed by atoms with Gasteiger partial charge in [-0.25, -0.2) is 0 Å². The first-order valence-corrected chi connectivity index (χ1v) is 12.8. The zero-order valence-electron chi connectivity index (χ0n) is 20.4. The molecule has 0 aliphatic heterocycles. The lowest BCUT2D eigenvalue weighted by molar-refractivity contribution is -0.389. The second-order valence-corrected chi connectivity index (χ2v) is 11.4. The first-order chi connectivity index (χ1) is 17.7. The normalized spacial score (nSPS) is 27.9. The molecule has 11 nitrogen and oxygen atoms in total. The minimum atomic E-state index is -0.539. The van der Waals surface area contributed by atoms with Gasteiger partial charge in [0.15, 0.2) is 11.6 Å². The van der Waals surface area contributed by atoms with Gasteiger partial charge in [0, 0.05) is 12.0 Å². The summed E-state index contributed by atoms with van der Waals surface area (Å²) in [4.78, 5) is 26.6. The Morgan fingerprint density at radius 2 is 1.97 bits per heavy atom. The number of benzene rings is 1. The van der Waals surface area contributed by atoms with Gasteiger partial charge in [-0.3, -0.25) is 4.79 Å². The van der Waals surface area contributed by atoms with Crippen molar-refractivity contribution in [3.8, 4) is 17.1 Å². The number of carbonyl (C=O) groups is 1. The Bertz CT molecular complexity index is 1370. The van der Waals surface area contributed by atoms with E-state index >= 15 is 0 Å². The number of nitro groups is 1. The maximum Gasteiger partial charge on any atom is 0.408 e. The Balaban J connectivity index is 1.24. The highest BCUT2D eigenvalue weighted by Crippen LogP contribution is 2.65. The van der Waals surface area contributed by atoms with E-state index in [1.165, 1.54) is 6.42 Å². The molecule has 2 N–H and O–H groups in total. The molecular weight excluding hydrogens is 500 g/mol. The maximum absolute atomic E-state index is 11.5. The lowest BCUT2D eigenvalue weighted by atomic mass is 9.46. The largest absolute Gasteiger partial charge is 0.484 e. The van der Waals surface area contributed by atoms with Crippen LogP contribution in [0.3, 0.4) is 0 Å². The van der Waals surface area contributed by atoms with Crippen molar-refractivity contribution in [1.82, 2.24) is 19.9 Å². The molecule has 4 aliphatic carbocycles. The Morgan fingerprint density at radius 1 is 1.27 bits per heavy atom. The van der Waals surface area contributed by atoms with Gasteiger partial charge in [0.25, 0.3) is 5.91 Å². The van der Waals surface area contributed by atoms with Crippen molar-refractivity contribution in [1.29, 1.82) is 0 Å². The molecule has 12 heteroatoms. The predicted molar refractivity (Wildman–Crippen MR) is 132 cm³/mol. The van der Waals surface area contributed by atoms with E-state index in [9.17, 15) is 14.9 Å². The Morgan fingerprint density at radius 3 is 2.59 bits per heavy atom. The first kappa shape index (κ1) is 23.9. The average molecular weight is 527 g/mol. The van der Waals surface area contributed by atoms with Crippen LogP contribution in [-0.2, 0) is 16.8 Å². The van der Waals surface area contributed by atoms with Gasteiger partial charge in [-0.1, -0.05) is 16.8 Å². The molecule has 3 aromatic rings. The number of rotatable bonds is 8. The number of carbonyl (C=O) groups excluding carboxylic acids is 1. The minimum Gasteiger partial charge on any atom is -0.484 e. The van der Waals surface area contributed by atoms with E-state index < -0.39 is 10.8 Å². The van der Waals surface area contributed by atoms with Crippen LogP contribution in [0, 0.1) is 34.3 Å². The van der Waals surface area contributed by atoms with E-state index in [2.05, 4.69) is 15.2 Å². The van der Waals surface area contributed by atoms with E-state index in [0.29, 0.717) is 41.4 Å². The van der Waals surface area contributed by atoms with Crippen molar-refractivity contribution >= 4 is 23.3 Å². The van der Waals surface area contributed by atoms with Crippen LogP contribution in [0.4, 0.5) is 5.82 Å². The number of aromatic nitrogens is 4. The van der Waals surface area contributed by atoms with E-state index in [-0.39, 0.29) is 28.4 Å². The second kappa shape index (κ2) is 8.54. The summed E-state index contributed by atoms with van der Waals surface area (Å²) in [6.45, 7) is 1.64. The van der Waals surface area contributed by atoms with E-state index in [4.69, 9.17) is 26.6 Å². The number of nitrogens with two attached hydrogens (primary N) is 1. The number of hydrogen-bond acceptors (Lipinski definition) is 8. The molecule has 194 valence electrons. The molecule has 4 saturated carbocycles. The fraction of sp³-hybridized carbons (Fsp3) is 0.520. The van der Waals surface area contributed by atoms with Gasteiger partial charge in [-0.15, -0.1) is 0 Å². The molecule has 2 unspecified atom stereocenters. The van der Waals surface area contributed by atoms with Crippen LogP contribution in [0.15, 0.2) is 28.8 Å². The summed E-state index contributed by atoms with van der Waals surface area (Å²) >= 11 is 6.33. The van der Waals surface area contributed by atoms with Crippen molar-refractivity contribution < 1.29 is 19.0 Å². The Hall–Kier alpha value is -3.47. The summed E-state index contributed by atoms with van der Waals surface area (Å²) in [6, 6.07) is 7.07. The highest BCUT2D eigenvalue weighted by atomic mass is 35.5. The molecule has 7 rings (SSSR count). The average Bonchev–Trinajstić information content (AvgIpc) is 3.41. The summed E-state index contributed by atoms with van der Waals surface area (Å²) in [5, 5.41) is 20.2. The van der Waals surface area contributed by atoms with Gasteiger partial charge < -0.3 is 25.1 Å². The van der Waals surface area contributed by atoms with Gasteiger partial charge >= 0.3 is 5.82 Å². The van der Waals surface area contributed by atoms with E-state index in [1.807, 2.05) is 23.7 Å². The molecule has 1 amide bonds. The Labute approximate surface area is 217 Å². The molecule has 4 fully saturated rings.